The van der Waals surface area contributed by atoms with E-state index in [4.69, 9.17) is 5.73 Å². The fourth-order valence-corrected chi connectivity index (χ4v) is 1.06. The van der Waals surface area contributed by atoms with Gasteiger partial charge >= 0.3 is 0 Å². The molecule has 1 aromatic rings. The maximum atomic E-state index is 5.72. The quantitative estimate of drug-likeness (QED) is 0.526. The molecule has 0 saturated heterocycles. The standard InChI is InChI=1S/C10H14N2/c1-3-8-5-6-9(11)10(7-8)12-4-2/h4-7H,3,11H2,1-2H3/b12-4-. The smallest absolute Gasteiger partial charge is 0.0857 e. The molecule has 2 heteroatoms. The van der Waals surface area contributed by atoms with Crippen molar-refractivity contribution in [3.05, 3.63) is 23.8 Å². The molecule has 0 saturated carbocycles. The van der Waals surface area contributed by atoms with Crippen LogP contribution in [0.25, 0.3) is 0 Å². The minimum atomic E-state index is 0.741. The van der Waals surface area contributed by atoms with E-state index in [0.29, 0.717) is 0 Å². The third-order valence-electron chi connectivity index (χ3n) is 1.77. The van der Waals surface area contributed by atoms with Gasteiger partial charge in [0.15, 0.2) is 0 Å². The van der Waals surface area contributed by atoms with E-state index in [1.165, 1.54) is 5.56 Å². The third-order valence-corrected chi connectivity index (χ3v) is 1.77. The Balaban J connectivity index is 3.08. The van der Waals surface area contributed by atoms with Gasteiger partial charge in [0, 0.05) is 6.21 Å². The van der Waals surface area contributed by atoms with Gasteiger partial charge in [-0.25, -0.2) is 0 Å². The molecule has 0 atom stereocenters. The normalized spacial score (nSPS) is 10.8. The summed E-state index contributed by atoms with van der Waals surface area (Å²) in [7, 11) is 0. The van der Waals surface area contributed by atoms with Gasteiger partial charge in [-0.2, -0.15) is 0 Å². The number of benzene rings is 1. The molecule has 1 rings (SSSR count). The van der Waals surface area contributed by atoms with Crippen LogP contribution in [0.4, 0.5) is 11.4 Å². The Labute approximate surface area is 73.1 Å². The molecule has 0 aliphatic rings. The summed E-state index contributed by atoms with van der Waals surface area (Å²) >= 11 is 0. The molecular formula is C10H14N2. The number of anilines is 1. The molecular weight excluding hydrogens is 148 g/mol. The molecule has 0 spiro atoms. The molecule has 0 aliphatic carbocycles. The van der Waals surface area contributed by atoms with Crippen molar-refractivity contribution in [2.45, 2.75) is 20.3 Å². The number of hydrogen-bond donors (Lipinski definition) is 1. The first kappa shape index (κ1) is 8.78. The molecule has 0 fully saturated rings. The van der Waals surface area contributed by atoms with Crippen LogP contribution in [0.3, 0.4) is 0 Å². The van der Waals surface area contributed by atoms with Crippen LogP contribution in [0, 0.1) is 0 Å². The minimum Gasteiger partial charge on any atom is -0.397 e. The Morgan fingerprint density at radius 2 is 2.25 bits per heavy atom. The molecule has 0 radical (unpaired) electrons. The molecule has 12 heavy (non-hydrogen) atoms. The van der Waals surface area contributed by atoms with Crippen molar-refractivity contribution >= 4 is 17.6 Å². The van der Waals surface area contributed by atoms with Gasteiger partial charge in [-0.05, 0) is 31.0 Å². The van der Waals surface area contributed by atoms with Crippen molar-refractivity contribution in [3.8, 4) is 0 Å². The van der Waals surface area contributed by atoms with Gasteiger partial charge in [0.25, 0.3) is 0 Å². The summed E-state index contributed by atoms with van der Waals surface area (Å²) in [6.07, 6.45) is 2.78. The SMILES string of the molecule is C/C=N\c1cc(CC)ccc1N. The summed E-state index contributed by atoms with van der Waals surface area (Å²) in [5.74, 6) is 0. The van der Waals surface area contributed by atoms with Gasteiger partial charge in [0.1, 0.15) is 0 Å². The largest absolute Gasteiger partial charge is 0.397 e. The van der Waals surface area contributed by atoms with Crippen molar-refractivity contribution < 1.29 is 0 Å². The second-order valence-electron chi connectivity index (χ2n) is 2.63. The second kappa shape index (κ2) is 3.90. The highest BCUT2D eigenvalue weighted by atomic mass is 14.8. The molecule has 2 N–H and O–H groups in total. The molecule has 0 aliphatic heterocycles. The lowest BCUT2D eigenvalue weighted by Crippen LogP contribution is -1.87. The molecule has 2 nitrogen and oxygen atoms in total. The summed E-state index contributed by atoms with van der Waals surface area (Å²) in [6, 6.07) is 5.96. The Morgan fingerprint density at radius 1 is 1.50 bits per heavy atom. The summed E-state index contributed by atoms with van der Waals surface area (Å²) in [5, 5.41) is 0. The number of nitrogens with two attached hydrogens (primary N) is 1. The fraction of sp³-hybridized carbons (Fsp3) is 0.300. The lowest BCUT2D eigenvalue weighted by molar-refractivity contribution is 1.14. The van der Waals surface area contributed by atoms with Crippen molar-refractivity contribution in [2.75, 3.05) is 5.73 Å². The van der Waals surface area contributed by atoms with E-state index in [9.17, 15) is 0 Å². The highest BCUT2D eigenvalue weighted by molar-refractivity contribution is 5.70. The van der Waals surface area contributed by atoms with Crippen LogP contribution < -0.4 is 5.73 Å². The van der Waals surface area contributed by atoms with E-state index in [1.54, 1.807) is 6.21 Å². The average molecular weight is 162 g/mol. The second-order valence-corrected chi connectivity index (χ2v) is 2.63. The van der Waals surface area contributed by atoms with Crippen LogP contribution in [-0.2, 0) is 6.42 Å². The zero-order valence-corrected chi connectivity index (χ0v) is 7.54. The number of aliphatic imine (C=N–C) groups is 1. The molecule has 0 amide bonds. The van der Waals surface area contributed by atoms with E-state index in [1.807, 2.05) is 25.1 Å². The molecule has 0 aromatic heterocycles. The lowest BCUT2D eigenvalue weighted by atomic mass is 10.1. The maximum absolute atomic E-state index is 5.72. The van der Waals surface area contributed by atoms with E-state index in [0.717, 1.165) is 17.8 Å². The Bertz CT molecular complexity index is 290. The zero-order chi connectivity index (χ0) is 8.97. The maximum Gasteiger partial charge on any atom is 0.0857 e. The first-order valence-corrected chi connectivity index (χ1v) is 4.15. The van der Waals surface area contributed by atoms with E-state index >= 15 is 0 Å². The van der Waals surface area contributed by atoms with E-state index in [-0.39, 0.29) is 0 Å². The van der Waals surface area contributed by atoms with Gasteiger partial charge in [0.2, 0.25) is 0 Å². The number of aryl methyl sites for hydroxylation is 1. The fourth-order valence-electron chi connectivity index (χ4n) is 1.06. The number of rotatable bonds is 2. The average Bonchev–Trinajstić information content (AvgIpc) is 2.09. The Kier molecular flexibility index (Phi) is 2.86. The third kappa shape index (κ3) is 1.84. The lowest BCUT2D eigenvalue weighted by Gasteiger charge is -2.01. The van der Waals surface area contributed by atoms with Crippen molar-refractivity contribution in [1.29, 1.82) is 0 Å². The van der Waals surface area contributed by atoms with Gasteiger partial charge in [0.05, 0.1) is 11.4 Å². The van der Waals surface area contributed by atoms with Crippen LogP contribution in [0.1, 0.15) is 19.4 Å². The topological polar surface area (TPSA) is 38.4 Å². The summed E-state index contributed by atoms with van der Waals surface area (Å²) in [5.41, 5.74) is 8.60. The Morgan fingerprint density at radius 3 is 2.83 bits per heavy atom. The molecule has 64 valence electrons. The number of nitrogens with zero attached hydrogens (tertiary/aromatic N) is 1. The summed E-state index contributed by atoms with van der Waals surface area (Å²) in [6.45, 7) is 4.00. The summed E-state index contributed by atoms with van der Waals surface area (Å²) < 4.78 is 0. The predicted molar refractivity (Wildman–Crippen MR) is 54.1 cm³/mol. The molecule has 0 heterocycles. The van der Waals surface area contributed by atoms with Crippen LogP contribution >= 0.6 is 0 Å². The van der Waals surface area contributed by atoms with Crippen molar-refractivity contribution in [1.82, 2.24) is 0 Å². The van der Waals surface area contributed by atoms with E-state index in [2.05, 4.69) is 11.9 Å². The van der Waals surface area contributed by atoms with Crippen LogP contribution in [-0.4, -0.2) is 6.21 Å². The van der Waals surface area contributed by atoms with Crippen molar-refractivity contribution in [2.24, 2.45) is 4.99 Å². The van der Waals surface area contributed by atoms with Crippen LogP contribution in [0.5, 0.6) is 0 Å². The Hall–Kier alpha value is -1.31. The monoisotopic (exact) mass is 162 g/mol. The first-order valence-electron chi connectivity index (χ1n) is 4.15. The van der Waals surface area contributed by atoms with Gasteiger partial charge in [-0.15, -0.1) is 0 Å². The molecule has 0 bridgehead atoms. The number of nitrogen functional groups attached to an aromatic ring is 1. The number of hydrogen-bond acceptors (Lipinski definition) is 2. The van der Waals surface area contributed by atoms with Gasteiger partial charge in [-0.1, -0.05) is 13.0 Å². The van der Waals surface area contributed by atoms with Crippen molar-refractivity contribution in [3.63, 3.8) is 0 Å². The van der Waals surface area contributed by atoms with E-state index < -0.39 is 0 Å². The van der Waals surface area contributed by atoms with Gasteiger partial charge in [-0.3, -0.25) is 4.99 Å². The molecule has 1 aromatic carbocycles. The highest BCUT2D eigenvalue weighted by Gasteiger charge is 1.96. The van der Waals surface area contributed by atoms with Gasteiger partial charge < -0.3 is 5.73 Å². The van der Waals surface area contributed by atoms with Crippen LogP contribution in [0.2, 0.25) is 0 Å². The first-order chi connectivity index (χ1) is 5.77. The zero-order valence-electron chi connectivity index (χ0n) is 7.54. The summed E-state index contributed by atoms with van der Waals surface area (Å²) in [4.78, 5) is 4.16. The highest BCUT2D eigenvalue weighted by Crippen LogP contribution is 2.22. The molecule has 0 unspecified atom stereocenters. The van der Waals surface area contributed by atoms with Crippen LogP contribution in [0.15, 0.2) is 23.2 Å². The minimum absolute atomic E-state index is 0.741. The predicted octanol–water partition coefficient (Wildman–Crippen LogP) is 2.55.